The number of nitrogens with zero attached hydrogens (tertiary/aromatic N) is 1. The van der Waals surface area contributed by atoms with Gasteiger partial charge in [-0.15, -0.1) is 13.2 Å². The molecule has 0 aromatic heterocycles. The van der Waals surface area contributed by atoms with Gasteiger partial charge in [0.05, 0.1) is 6.10 Å². The predicted octanol–water partition coefficient (Wildman–Crippen LogP) is 7.69. The van der Waals surface area contributed by atoms with E-state index >= 15 is 0 Å². The van der Waals surface area contributed by atoms with E-state index in [0.717, 1.165) is 37.1 Å². The molecule has 5 nitrogen and oxygen atoms in total. The van der Waals surface area contributed by atoms with Gasteiger partial charge in [0.15, 0.2) is 0 Å². The first-order valence-electron chi connectivity index (χ1n) is 12.0. The van der Waals surface area contributed by atoms with E-state index in [-0.39, 0.29) is 30.5 Å². The summed E-state index contributed by atoms with van der Waals surface area (Å²) in [5.41, 5.74) is 0.814. The van der Waals surface area contributed by atoms with Gasteiger partial charge in [-0.25, -0.2) is 0 Å². The van der Waals surface area contributed by atoms with Crippen molar-refractivity contribution in [3.05, 3.63) is 78.4 Å². The number of ether oxygens (including phenoxy) is 3. The number of alkyl halides is 8. The van der Waals surface area contributed by atoms with Crippen molar-refractivity contribution in [2.24, 2.45) is 5.92 Å². The van der Waals surface area contributed by atoms with Crippen molar-refractivity contribution in [1.29, 1.82) is 0 Å². The van der Waals surface area contributed by atoms with Gasteiger partial charge in [0.2, 0.25) is 0 Å². The number of hydrogen-bond acceptors (Lipinski definition) is 5. The summed E-state index contributed by atoms with van der Waals surface area (Å²) in [5, 5.41) is 10.6. The summed E-state index contributed by atoms with van der Waals surface area (Å²) in [7, 11) is 0. The molecule has 0 radical (unpaired) electrons. The third kappa shape index (κ3) is 8.13. The SMILES string of the molecule is OC(CN(Cc1cccc(OC(F)(F)C(F)(F)F)c1)c1cccc(Oc2cccc(OC(F)(F)F)c2)c1)C1CC1. The standard InChI is InChI=1S/C27H23F8NO4/c28-25(29,30)26(31,32)39-22-8-1-4-17(12-22)15-36(16-24(37)18-10-11-18)19-5-2-6-20(13-19)38-21-7-3-9-23(14-21)40-27(33,34)35/h1-9,12-14,18,24,37H,10-11,15-16H2. The molecule has 40 heavy (non-hydrogen) atoms. The van der Waals surface area contributed by atoms with Crippen molar-refractivity contribution in [3.8, 4) is 23.0 Å². The van der Waals surface area contributed by atoms with Gasteiger partial charge in [-0.1, -0.05) is 24.3 Å². The monoisotopic (exact) mass is 577 g/mol. The summed E-state index contributed by atoms with van der Waals surface area (Å²) in [6.45, 7) is 0.101. The molecule has 0 amide bonds. The predicted molar refractivity (Wildman–Crippen MR) is 127 cm³/mol. The molecule has 216 valence electrons. The first-order valence-corrected chi connectivity index (χ1v) is 12.0. The molecule has 1 aliphatic carbocycles. The Morgan fingerprint density at radius 3 is 1.95 bits per heavy atom. The fraction of sp³-hybridized carbons (Fsp3) is 0.333. The number of aliphatic hydroxyl groups excluding tert-OH is 1. The molecular formula is C27H23F8NO4. The Kier molecular flexibility index (Phi) is 8.33. The highest BCUT2D eigenvalue weighted by Crippen LogP contribution is 2.38. The zero-order chi connectivity index (χ0) is 29.1. The van der Waals surface area contributed by atoms with Crippen LogP contribution in [0.4, 0.5) is 40.8 Å². The lowest BCUT2D eigenvalue weighted by atomic mass is 10.1. The van der Waals surface area contributed by atoms with Crippen molar-refractivity contribution in [3.63, 3.8) is 0 Å². The van der Waals surface area contributed by atoms with Crippen LogP contribution in [0.25, 0.3) is 0 Å². The van der Waals surface area contributed by atoms with Crippen LogP contribution in [-0.2, 0) is 6.54 Å². The highest BCUT2D eigenvalue weighted by Gasteiger charge is 2.61. The molecule has 1 N–H and O–H groups in total. The van der Waals surface area contributed by atoms with Gasteiger partial charge in [-0.2, -0.15) is 22.0 Å². The molecule has 3 aromatic rings. The molecule has 13 heteroatoms. The van der Waals surface area contributed by atoms with Gasteiger partial charge in [0.25, 0.3) is 0 Å². The molecule has 1 unspecified atom stereocenters. The molecule has 0 saturated heterocycles. The van der Waals surface area contributed by atoms with E-state index in [0.29, 0.717) is 11.3 Å². The molecule has 0 spiro atoms. The Balaban J connectivity index is 1.55. The molecule has 0 bridgehead atoms. The summed E-state index contributed by atoms with van der Waals surface area (Å²) in [6, 6.07) is 16.0. The zero-order valence-corrected chi connectivity index (χ0v) is 20.6. The van der Waals surface area contributed by atoms with Crippen LogP contribution in [-0.4, -0.2) is 36.4 Å². The molecule has 0 aliphatic heterocycles. The van der Waals surface area contributed by atoms with E-state index in [9.17, 15) is 40.2 Å². The number of anilines is 1. The maximum absolute atomic E-state index is 13.4. The van der Waals surface area contributed by atoms with E-state index in [1.807, 2.05) is 0 Å². The minimum Gasteiger partial charge on any atom is -0.457 e. The van der Waals surface area contributed by atoms with E-state index in [1.165, 1.54) is 24.3 Å². The summed E-state index contributed by atoms with van der Waals surface area (Å²) in [4.78, 5) is 1.68. The quantitative estimate of drug-likeness (QED) is 0.237. The first kappa shape index (κ1) is 29.2. The average molecular weight is 577 g/mol. The van der Waals surface area contributed by atoms with E-state index in [1.54, 1.807) is 29.2 Å². The molecule has 1 aliphatic rings. The van der Waals surface area contributed by atoms with E-state index < -0.39 is 36.3 Å². The van der Waals surface area contributed by atoms with Crippen LogP contribution < -0.4 is 19.1 Å². The lowest BCUT2D eigenvalue weighted by Crippen LogP contribution is -2.41. The lowest BCUT2D eigenvalue weighted by Gasteiger charge is -2.28. The van der Waals surface area contributed by atoms with Gasteiger partial charge in [0, 0.05) is 30.9 Å². The van der Waals surface area contributed by atoms with Crippen LogP contribution in [0.3, 0.4) is 0 Å². The number of benzene rings is 3. The Morgan fingerprint density at radius 2 is 1.32 bits per heavy atom. The Hall–Kier alpha value is -3.74. The normalized spacial score (nSPS) is 14.9. The van der Waals surface area contributed by atoms with Gasteiger partial charge in [-0.3, -0.25) is 0 Å². The summed E-state index contributed by atoms with van der Waals surface area (Å²) in [5.74, 6) is -0.819. The molecule has 0 heterocycles. The molecule has 4 rings (SSSR count). The van der Waals surface area contributed by atoms with Crippen LogP contribution in [0, 0.1) is 5.92 Å². The number of halogens is 8. The Bertz CT molecular complexity index is 1290. The summed E-state index contributed by atoms with van der Waals surface area (Å²) < 4.78 is 116. The third-order valence-electron chi connectivity index (χ3n) is 5.88. The van der Waals surface area contributed by atoms with Crippen molar-refractivity contribution < 1.29 is 54.4 Å². The second-order valence-electron chi connectivity index (χ2n) is 9.17. The third-order valence-corrected chi connectivity index (χ3v) is 5.88. The maximum atomic E-state index is 13.4. The average Bonchev–Trinajstić information content (AvgIpc) is 3.68. The van der Waals surface area contributed by atoms with Gasteiger partial charge in [0.1, 0.15) is 23.0 Å². The van der Waals surface area contributed by atoms with Gasteiger partial charge >= 0.3 is 18.6 Å². The number of aliphatic hydroxyl groups is 1. The Morgan fingerprint density at radius 1 is 0.750 bits per heavy atom. The fourth-order valence-electron chi connectivity index (χ4n) is 3.87. The molecular weight excluding hydrogens is 554 g/mol. The van der Waals surface area contributed by atoms with Crippen molar-refractivity contribution in [2.75, 3.05) is 11.4 Å². The van der Waals surface area contributed by atoms with Crippen molar-refractivity contribution >= 4 is 5.69 Å². The minimum absolute atomic E-state index is 0.00305. The second-order valence-corrected chi connectivity index (χ2v) is 9.17. The van der Waals surface area contributed by atoms with E-state index in [2.05, 4.69) is 9.47 Å². The maximum Gasteiger partial charge on any atom is 0.573 e. The molecule has 1 fully saturated rings. The number of rotatable bonds is 11. The van der Waals surface area contributed by atoms with Crippen LogP contribution >= 0.6 is 0 Å². The van der Waals surface area contributed by atoms with Crippen LogP contribution in [0.5, 0.6) is 23.0 Å². The fourth-order valence-corrected chi connectivity index (χ4v) is 3.87. The first-order chi connectivity index (χ1) is 18.7. The van der Waals surface area contributed by atoms with Crippen LogP contribution in [0.1, 0.15) is 18.4 Å². The van der Waals surface area contributed by atoms with Crippen LogP contribution in [0.2, 0.25) is 0 Å². The minimum atomic E-state index is -5.90. The number of hydrogen-bond donors (Lipinski definition) is 1. The largest absolute Gasteiger partial charge is 0.573 e. The summed E-state index contributed by atoms with van der Waals surface area (Å²) in [6.07, 6.45) is -15.3. The second kappa shape index (κ2) is 11.4. The van der Waals surface area contributed by atoms with E-state index in [4.69, 9.17) is 4.74 Å². The highest BCUT2D eigenvalue weighted by molar-refractivity contribution is 5.52. The molecule has 1 saturated carbocycles. The Labute approximate surface area is 223 Å². The van der Waals surface area contributed by atoms with Gasteiger partial charge < -0.3 is 24.2 Å². The van der Waals surface area contributed by atoms with Crippen molar-refractivity contribution in [2.45, 2.75) is 44.1 Å². The zero-order valence-electron chi connectivity index (χ0n) is 20.6. The lowest BCUT2D eigenvalue weighted by molar-refractivity contribution is -0.360. The van der Waals surface area contributed by atoms with Crippen LogP contribution in [0.15, 0.2) is 72.8 Å². The summed E-state index contributed by atoms with van der Waals surface area (Å²) >= 11 is 0. The topological polar surface area (TPSA) is 51.2 Å². The van der Waals surface area contributed by atoms with Gasteiger partial charge in [-0.05, 0) is 60.7 Å². The highest BCUT2D eigenvalue weighted by atomic mass is 19.4. The van der Waals surface area contributed by atoms with Crippen molar-refractivity contribution in [1.82, 2.24) is 0 Å². The smallest absolute Gasteiger partial charge is 0.457 e. The molecule has 1 atom stereocenters. The molecule has 3 aromatic carbocycles.